The van der Waals surface area contributed by atoms with Gasteiger partial charge < -0.3 is 20.1 Å². The van der Waals surface area contributed by atoms with Crippen LogP contribution in [0.15, 0.2) is 42.6 Å². The molecule has 8 heteroatoms. The maximum Gasteiger partial charge on any atom is 0.338 e. The predicted molar refractivity (Wildman–Crippen MR) is 110 cm³/mol. The number of benzene rings is 1. The fourth-order valence-electron chi connectivity index (χ4n) is 2.95. The van der Waals surface area contributed by atoms with Crippen LogP contribution in [-0.4, -0.2) is 67.8 Å². The molecule has 0 bridgehead atoms. The quantitative estimate of drug-likeness (QED) is 0.658. The first-order valence-corrected chi connectivity index (χ1v) is 9.74. The minimum absolute atomic E-state index is 0.209. The normalized spacial score (nSPS) is 14.2. The number of morpholine rings is 1. The molecule has 0 atom stereocenters. The first kappa shape index (κ1) is 20.8. The Morgan fingerprint density at radius 2 is 1.90 bits per heavy atom. The molecule has 1 aromatic heterocycles. The molecule has 1 aromatic carbocycles. The van der Waals surface area contributed by atoms with Crippen LogP contribution in [0.5, 0.6) is 0 Å². The van der Waals surface area contributed by atoms with Crippen molar-refractivity contribution in [2.45, 2.75) is 6.92 Å². The SMILES string of the molecule is CCOC(=O)c1ccc(Nc2ccnc(C(=O)NCCN3CCOCC3)c2)cc1. The second-order valence-corrected chi connectivity index (χ2v) is 6.56. The van der Waals surface area contributed by atoms with Gasteiger partial charge in [0.25, 0.3) is 5.91 Å². The van der Waals surface area contributed by atoms with Gasteiger partial charge in [0, 0.05) is 43.8 Å². The first-order chi connectivity index (χ1) is 14.2. The molecular formula is C21H26N4O4. The van der Waals surface area contributed by atoms with Crippen molar-refractivity contribution >= 4 is 23.3 Å². The van der Waals surface area contributed by atoms with E-state index in [-0.39, 0.29) is 11.9 Å². The van der Waals surface area contributed by atoms with Gasteiger partial charge in [0.2, 0.25) is 0 Å². The predicted octanol–water partition coefficient (Wildman–Crippen LogP) is 2.06. The van der Waals surface area contributed by atoms with Crippen LogP contribution in [-0.2, 0) is 9.47 Å². The summed E-state index contributed by atoms with van der Waals surface area (Å²) in [4.78, 5) is 30.5. The number of amides is 1. The highest BCUT2D eigenvalue weighted by molar-refractivity contribution is 5.93. The molecule has 0 spiro atoms. The molecule has 1 aliphatic heterocycles. The molecule has 2 N–H and O–H groups in total. The van der Waals surface area contributed by atoms with Crippen LogP contribution >= 0.6 is 0 Å². The van der Waals surface area contributed by atoms with Gasteiger partial charge in [-0.2, -0.15) is 0 Å². The summed E-state index contributed by atoms with van der Waals surface area (Å²) in [5, 5.41) is 6.12. The molecule has 8 nitrogen and oxygen atoms in total. The molecule has 2 aromatic rings. The average Bonchev–Trinajstić information content (AvgIpc) is 2.75. The molecule has 154 valence electrons. The van der Waals surface area contributed by atoms with Crippen molar-refractivity contribution in [3.63, 3.8) is 0 Å². The number of nitrogens with one attached hydrogen (secondary N) is 2. The number of ether oxygens (including phenoxy) is 2. The lowest BCUT2D eigenvalue weighted by Crippen LogP contribution is -2.41. The van der Waals surface area contributed by atoms with E-state index in [4.69, 9.17) is 9.47 Å². The van der Waals surface area contributed by atoms with Gasteiger partial charge in [-0.15, -0.1) is 0 Å². The summed E-state index contributed by atoms with van der Waals surface area (Å²) in [7, 11) is 0. The molecule has 0 unspecified atom stereocenters. The number of anilines is 2. The van der Waals surface area contributed by atoms with Crippen molar-refractivity contribution < 1.29 is 19.1 Å². The van der Waals surface area contributed by atoms with Crippen LogP contribution in [0.1, 0.15) is 27.8 Å². The van der Waals surface area contributed by atoms with E-state index in [1.165, 1.54) is 0 Å². The van der Waals surface area contributed by atoms with Crippen LogP contribution < -0.4 is 10.6 Å². The summed E-state index contributed by atoms with van der Waals surface area (Å²) in [6.07, 6.45) is 1.59. The monoisotopic (exact) mass is 398 g/mol. The number of esters is 1. The lowest BCUT2D eigenvalue weighted by Gasteiger charge is -2.26. The number of nitrogens with zero attached hydrogens (tertiary/aromatic N) is 2. The number of carbonyl (C=O) groups excluding carboxylic acids is 2. The Kier molecular flexibility index (Phi) is 7.54. The number of aromatic nitrogens is 1. The Bertz CT molecular complexity index is 820. The standard InChI is InChI=1S/C21H26N4O4/c1-2-29-21(27)16-3-5-17(6-4-16)24-18-7-8-22-19(15-18)20(26)23-9-10-25-11-13-28-14-12-25/h3-8,15H,2,9-14H2,1H3,(H,22,24)(H,23,26). The third kappa shape index (κ3) is 6.27. The summed E-state index contributed by atoms with van der Waals surface area (Å²) in [5.74, 6) is -0.557. The Morgan fingerprint density at radius 1 is 1.14 bits per heavy atom. The van der Waals surface area contributed by atoms with E-state index in [1.54, 1.807) is 49.5 Å². The molecule has 29 heavy (non-hydrogen) atoms. The summed E-state index contributed by atoms with van der Waals surface area (Å²) in [5.41, 5.74) is 2.37. The van der Waals surface area contributed by atoms with Gasteiger partial charge in [0.1, 0.15) is 5.69 Å². The highest BCUT2D eigenvalue weighted by atomic mass is 16.5. The fourth-order valence-corrected chi connectivity index (χ4v) is 2.95. The van der Waals surface area contributed by atoms with Crippen LogP contribution in [0, 0.1) is 0 Å². The third-order valence-corrected chi connectivity index (χ3v) is 4.49. The summed E-state index contributed by atoms with van der Waals surface area (Å²) in [6, 6.07) is 10.4. The minimum Gasteiger partial charge on any atom is -0.462 e. The molecule has 1 amide bonds. The lowest BCUT2D eigenvalue weighted by atomic mass is 10.2. The third-order valence-electron chi connectivity index (χ3n) is 4.49. The number of rotatable bonds is 8. The summed E-state index contributed by atoms with van der Waals surface area (Å²) < 4.78 is 10.3. The fraction of sp³-hybridized carbons (Fsp3) is 0.381. The van der Waals surface area contributed by atoms with Crippen molar-refractivity contribution in [2.75, 3.05) is 51.3 Å². The summed E-state index contributed by atoms with van der Waals surface area (Å²) in [6.45, 7) is 6.73. The second kappa shape index (κ2) is 10.5. The van der Waals surface area contributed by atoms with Crippen molar-refractivity contribution in [3.8, 4) is 0 Å². The highest BCUT2D eigenvalue weighted by Gasteiger charge is 2.12. The molecular weight excluding hydrogens is 372 g/mol. The van der Waals surface area contributed by atoms with E-state index < -0.39 is 0 Å². The Balaban J connectivity index is 1.53. The van der Waals surface area contributed by atoms with E-state index >= 15 is 0 Å². The molecule has 1 fully saturated rings. The Morgan fingerprint density at radius 3 is 2.62 bits per heavy atom. The van der Waals surface area contributed by atoms with E-state index in [1.807, 2.05) is 0 Å². The minimum atomic E-state index is -0.348. The van der Waals surface area contributed by atoms with Crippen LogP contribution in [0.3, 0.4) is 0 Å². The van der Waals surface area contributed by atoms with Gasteiger partial charge in [0.15, 0.2) is 0 Å². The second-order valence-electron chi connectivity index (χ2n) is 6.56. The number of hydrogen-bond acceptors (Lipinski definition) is 7. The Labute approximate surface area is 170 Å². The van der Waals surface area contributed by atoms with E-state index in [9.17, 15) is 9.59 Å². The van der Waals surface area contributed by atoms with E-state index in [0.717, 1.165) is 44.2 Å². The molecule has 2 heterocycles. The molecule has 1 saturated heterocycles. The molecule has 0 radical (unpaired) electrons. The van der Waals surface area contributed by atoms with Crippen molar-refractivity contribution in [1.82, 2.24) is 15.2 Å². The molecule has 0 aliphatic carbocycles. The van der Waals surface area contributed by atoms with Gasteiger partial charge in [-0.1, -0.05) is 0 Å². The highest BCUT2D eigenvalue weighted by Crippen LogP contribution is 2.18. The van der Waals surface area contributed by atoms with Crippen LogP contribution in [0.4, 0.5) is 11.4 Å². The van der Waals surface area contributed by atoms with Crippen molar-refractivity contribution in [3.05, 3.63) is 53.9 Å². The van der Waals surface area contributed by atoms with Crippen LogP contribution in [0.25, 0.3) is 0 Å². The maximum atomic E-state index is 12.4. The zero-order chi connectivity index (χ0) is 20.5. The van der Waals surface area contributed by atoms with Gasteiger partial charge >= 0.3 is 5.97 Å². The molecule has 0 saturated carbocycles. The first-order valence-electron chi connectivity index (χ1n) is 9.74. The van der Waals surface area contributed by atoms with Crippen molar-refractivity contribution in [1.29, 1.82) is 0 Å². The summed E-state index contributed by atoms with van der Waals surface area (Å²) >= 11 is 0. The average molecular weight is 398 g/mol. The Hall–Kier alpha value is -2.97. The topological polar surface area (TPSA) is 92.8 Å². The maximum absolute atomic E-state index is 12.4. The number of carbonyl (C=O) groups is 2. The number of pyridine rings is 1. The van der Waals surface area contributed by atoms with Gasteiger partial charge in [-0.25, -0.2) is 4.79 Å². The smallest absolute Gasteiger partial charge is 0.338 e. The van der Waals surface area contributed by atoms with Gasteiger partial charge in [-0.3, -0.25) is 14.7 Å². The zero-order valence-electron chi connectivity index (χ0n) is 16.5. The number of hydrogen-bond donors (Lipinski definition) is 2. The van der Waals surface area contributed by atoms with Crippen molar-refractivity contribution in [2.24, 2.45) is 0 Å². The van der Waals surface area contributed by atoms with E-state index in [2.05, 4.69) is 20.5 Å². The van der Waals surface area contributed by atoms with Crippen LogP contribution in [0.2, 0.25) is 0 Å². The zero-order valence-corrected chi connectivity index (χ0v) is 16.5. The lowest BCUT2D eigenvalue weighted by molar-refractivity contribution is 0.0383. The molecule has 3 rings (SSSR count). The molecule has 1 aliphatic rings. The van der Waals surface area contributed by atoms with Gasteiger partial charge in [0.05, 0.1) is 25.4 Å². The van der Waals surface area contributed by atoms with Gasteiger partial charge in [-0.05, 0) is 43.3 Å². The largest absolute Gasteiger partial charge is 0.462 e. The van der Waals surface area contributed by atoms with E-state index in [0.29, 0.717) is 24.4 Å².